The quantitative estimate of drug-likeness (QED) is 0.649. The lowest BCUT2D eigenvalue weighted by Crippen LogP contribution is -2.42. The third kappa shape index (κ3) is 4.77. The number of aryl methyl sites for hydroxylation is 1. The zero-order valence-corrected chi connectivity index (χ0v) is 18.8. The standard InChI is InChI=1S/C23H31N5O4/c1-31-16-22(30)26-11-5-7-18(14-26)23-25-24-20-15-27(12-13-28(20)23)21(29)10-9-17-6-3-4-8-19(17)32-2/h3-4,6,8,18H,5,7,9-16H2,1-2H3. The molecule has 1 aromatic heterocycles. The second-order valence-corrected chi connectivity index (χ2v) is 8.37. The molecule has 1 atom stereocenters. The third-order valence-corrected chi connectivity index (χ3v) is 6.34. The van der Waals surface area contributed by atoms with Gasteiger partial charge in [0, 0.05) is 45.6 Å². The number of para-hydroxylation sites is 1. The van der Waals surface area contributed by atoms with Gasteiger partial charge in [-0.1, -0.05) is 18.2 Å². The Morgan fingerprint density at radius 3 is 2.72 bits per heavy atom. The van der Waals surface area contributed by atoms with Gasteiger partial charge in [-0.15, -0.1) is 10.2 Å². The molecule has 1 fully saturated rings. The molecule has 1 unspecified atom stereocenters. The molecule has 32 heavy (non-hydrogen) atoms. The van der Waals surface area contributed by atoms with E-state index >= 15 is 0 Å². The van der Waals surface area contributed by atoms with Crippen LogP contribution in [-0.4, -0.2) is 76.8 Å². The minimum Gasteiger partial charge on any atom is -0.496 e. The molecule has 0 bridgehead atoms. The Morgan fingerprint density at radius 1 is 1.06 bits per heavy atom. The Balaban J connectivity index is 1.37. The Bertz CT molecular complexity index is 960. The van der Waals surface area contributed by atoms with Crippen LogP contribution in [-0.2, 0) is 33.8 Å². The van der Waals surface area contributed by atoms with Crippen LogP contribution < -0.4 is 4.74 Å². The fraction of sp³-hybridized carbons (Fsp3) is 0.565. The first-order valence-electron chi connectivity index (χ1n) is 11.2. The molecule has 1 saturated heterocycles. The van der Waals surface area contributed by atoms with Gasteiger partial charge >= 0.3 is 0 Å². The van der Waals surface area contributed by atoms with Crippen molar-refractivity contribution in [1.82, 2.24) is 24.6 Å². The van der Waals surface area contributed by atoms with Gasteiger partial charge in [0.25, 0.3) is 0 Å². The average Bonchev–Trinajstić information content (AvgIpc) is 3.26. The fourth-order valence-electron chi connectivity index (χ4n) is 4.63. The van der Waals surface area contributed by atoms with Crippen molar-refractivity contribution in [1.29, 1.82) is 0 Å². The molecule has 0 radical (unpaired) electrons. The Morgan fingerprint density at radius 2 is 1.91 bits per heavy atom. The largest absolute Gasteiger partial charge is 0.496 e. The molecule has 0 saturated carbocycles. The van der Waals surface area contributed by atoms with Crippen LogP contribution in [0.5, 0.6) is 5.75 Å². The summed E-state index contributed by atoms with van der Waals surface area (Å²) in [6.07, 6.45) is 3.00. The Hall–Kier alpha value is -2.94. The van der Waals surface area contributed by atoms with Gasteiger partial charge in [0.1, 0.15) is 18.2 Å². The van der Waals surface area contributed by atoms with Crippen LogP contribution in [0.3, 0.4) is 0 Å². The summed E-state index contributed by atoms with van der Waals surface area (Å²) in [6.45, 7) is 3.30. The third-order valence-electron chi connectivity index (χ3n) is 6.34. The van der Waals surface area contributed by atoms with Gasteiger partial charge in [-0.2, -0.15) is 0 Å². The lowest BCUT2D eigenvalue weighted by atomic mass is 9.97. The van der Waals surface area contributed by atoms with Gasteiger partial charge in [-0.3, -0.25) is 9.59 Å². The average molecular weight is 442 g/mol. The number of amides is 2. The van der Waals surface area contributed by atoms with Crippen molar-refractivity contribution in [2.45, 2.75) is 44.7 Å². The lowest BCUT2D eigenvalue weighted by Gasteiger charge is -2.33. The summed E-state index contributed by atoms with van der Waals surface area (Å²) >= 11 is 0. The van der Waals surface area contributed by atoms with E-state index in [9.17, 15) is 9.59 Å². The number of methoxy groups -OCH3 is 2. The van der Waals surface area contributed by atoms with Crippen molar-refractivity contribution in [3.63, 3.8) is 0 Å². The summed E-state index contributed by atoms with van der Waals surface area (Å²) in [5.41, 5.74) is 1.04. The van der Waals surface area contributed by atoms with Crippen molar-refractivity contribution in [3.8, 4) is 5.75 Å². The summed E-state index contributed by atoms with van der Waals surface area (Å²) in [6, 6.07) is 7.80. The van der Waals surface area contributed by atoms with Crippen LogP contribution in [0, 0.1) is 0 Å². The SMILES string of the molecule is COCC(=O)N1CCCC(c2nnc3n2CCN(C(=O)CCc2ccccc2OC)C3)C1. The number of likely N-dealkylation sites (tertiary alicyclic amines) is 1. The summed E-state index contributed by atoms with van der Waals surface area (Å²) in [5, 5.41) is 8.85. The highest BCUT2D eigenvalue weighted by atomic mass is 16.5. The van der Waals surface area contributed by atoms with E-state index < -0.39 is 0 Å². The topological polar surface area (TPSA) is 89.8 Å². The molecular weight excluding hydrogens is 410 g/mol. The molecule has 9 nitrogen and oxygen atoms in total. The number of rotatable bonds is 7. The van der Waals surface area contributed by atoms with Crippen molar-refractivity contribution < 1.29 is 19.1 Å². The van der Waals surface area contributed by atoms with Gasteiger partial charge in [0.15, 0.2) is 5.82 Å². The van der Waals surface area contributed by atoms with Crippen LogP contribution in [0.25, 0.3) is 0 Å². The number of hydrogen-bond donors (Lipinski definition) is 0. The van der Waals surface area contributed by atoms with Crippen molar-refractivity contribution in [2.75, 3.05) is 40.5 Å². The van der Waals surface area contributed by atoms with Crippen LogP contribution >= 0.6 is 0 Å². The molecule has 0 N–H and O–H groups in total. The van der Waals surface area contributed by atoms with Crippen LogP contribution in [0.4, 0.5) is 0 Å². The molecule has 0 spiro atoms. The second-order valence-electron chi connectivity index (χ2n) is 8.37. The number of aromatic nitrogens is 3. The normalized spacial score (nSPS) is 18.4. The van der Waals surface area contributed by atoms with E-state index in [1.165, 1.54) is 7.11 Å². The van der Waals surface area contributed by atoms with E-state index in [0.717, 1.165) is 42.3 Å². The number of hydrogen-bond acceptors (Lipinski definition) is 6. The lowest BCUT2D eigenvalue weighted by molar-refractivity contribution is -0.136. The van der Waals surface area contributed by atoms with Gasteiger partial charge in [-0.05, 0) is 30.9 Å². The fourth-order valence-corrected chi connectivity index (χ4v) is 4.63. The summed E-state index contributed by atoms with van der Waals surface area (Å²) < 4.78 is 12.5. The highest BCUT2D eigenvalue weighted by molar-refractivity contribution is 5.77. The highest BCUT2D eigenvalue weighted by Crippen LogP contribution is 2.28. The van der Waals surface area contributed by atoms with E-state index in [-0.39, 0.29) is 24.3 Å². The molecule has 2 aromatic rings. The van der Waals surface area contributed by atoms with E-state index in [2.05, 4.69) is 14.8 Å². The van der Waals surface area contributed by atoms with Crippen LogP contribution in [0.1, 0.15) is 42.4 Å². The number of ether oxygens (including phenoxy) is 2. The number of fused-ring (bicyclic) bond motifs is 1. The van der Waals surface area contributed by atoms with Gasteiger partial charge in [0.05, 0.1) is 13.7 Å². The van der Waals surface area contributed by atoms with Crippen LogP contribution in [0.2, 0.25) is 0 Å². The first-order chi connectivity index (χ1) is 15.6. The minimum atomic E-state index is 0.0161. The number of benzene rings is 1. The summed E-state index contributed by atoms with van der Waals surface area (Å²) in [5.74, 6) is 2.85. The molecule has 2 aliphatic rings. The molecule has 172 valence electrons. The second kappa shape index (κ2) is 10.1. The maximum absolute atomic E-state index is 12.8. The van der Waals surface area contributed by atoms with Crippen molar-refractivity contribution in [2.24, 2.45) is 0 Å². The van der Waals surface area contributed by atoms with E-state index in [4.69, 9.17) is 9.47 Å². The first kappa shape index (κ1) is 22.3. The Kier molecular flexibility index (Phi) is 7.04. The summed E-state index contributed by atoms with van der Waals surface area (Å²) in [7, 11) is 3.19. The molecule has 0 aliphatic carbocycles. The van der Waals surface area contributed by atoms with E-state index in [0.29, 0.717) is 39.0 Å². The summed E-state index contributed by atoms with van der Waals surface area (Å²) in [4.78, 5) is 28.8. The zero-order chi connectivity index (χ0) is 22.5. The van der Waals surface area contributed by atoms with Crippen molar-refractivity contribution in [3.05, 3.63) is 41.5 Å². The predicted octanol–water partition coefficient (Wildman–Crippen LogP) is 1.61. The number of nitrogens with zero attached hydrogens (tertiary/aromatic N) is 5. The zero-order valence-electron chi connectivity index (χ0n) is 18.8. The number of carbonyl (C=O) groups is 2. The van der Waals surface area contributed by atoms with Crippen LogP contribution in [0.15, 0.2) is 24.3 Å². The smallest absolute Gasteiger partial charge is 0.248 e. The molecule has 9 heteroatoms. The number of piperidine rings is 1. The van der Waals surface area contributed by atoms with Crippen molar-refractivity contribution >= 4 is 11.8 Å². The van der Waals surface area contributed by atoms with Gasteiger partial charge in [0.2, 0.25) is 11.8 Å². The molecule has 2 aliphatic heterocycles. The molecule has 3 heterocycles. The van der Waals surface area contributed by atoms with Gasteiger partial charge < -0.3 is 23.8 Å². The Labute approximate surface area is 188 Å². The maximum atomic E-state index is 12.8. The highest BCUT2D eigenvalue weighted by Gasteiger charge is 2.31. The predicted molar refractivity (Wildman–Crippen MR) is 117 cm³/mol. The molecule has 1 aromatic carbocycles. The molecule has 2 amide bonds. The monoisotopic (exact) mass is 441 g/mol. The molecular formula is C23H31N5O4. The first-order valence-corrected chi connectivity index (χ1v) is 11.2. The number of carbonyl (C=O) groups excluding carboxylic acids is 2. The maximum Gasteiger partial charge on any atom is 0.248 e. The van der Waals surface area contributed by atoms with E-state index in [1.807, 2.05) is 34.1 Å². The molecule has 4 rings (SSSR count). The minimum absolute atomic E-state index is 0.0161. The van der Waals surface area contributed by atoms with Gasteiger partial charge in [-0.25, -0.2) is 0 Å². The van der Waals surface area contributed by atoms with E-state index in [1.54, 1.807) is 7.11 Å².